The lowest BCUT2D eigenvalue weighted by atomic mass is 9.94. The number of hydrogen-bond donors (Lipinski definition) is 2. The Hall–Kier alpha value is -3.22. The maximum absolute atomic E-state index is 11.1. The van der Waals surface area contributed by atoms with Crippen LogP contribution in [0.5, 0.6) is 0 Å². The number of nitrogens with zero attached hydrogens (tertiary/aromatic N) is 4. The van der Waals surface area contributed by atoms with Gasteiger partial charge in [0.1, 0.15) is 6.54 Å². The minimum Gasteiger partial charge on any atom is -0.480 e. The molecule has 2 aromatic heterocycles. The highest BCUT2D eigenvalue weighted by molar-refractivity contribution is 5.68. The number of benzene rings is 1. The van der Waals surface area contributed by atoms with E-state index in [9.17, 15) is 4.79 Å². The monoisotopic (exact) mass is 405 g/mol. The smallest absolute Gasteiger partial charge is 0.325 e. The number of anilines is 1. The van der Waals surface area contributed by atoms with E-state index in [4.69, 9.17) is 5.11 Å². The van der Waals surface area contributed by atoms with Crippen molar-refractivity contribution in [3.05, 3.63) is 59.7 Å². The number of aromatic nitrogens is 4. The highest BCUT2D eigenvalue weighted by Gasteiger charge is 2.22. The number of aliphatic carboxylic acids is 1. The Balaban J connectivity index is 1.53. The number of carboxylic acids is 1. The predicted octanol–water partition coefficient (Wildman–Crippen LogP) is 3.91. The van der Waals surface area contributed by atoms with Crippen LogP contribution < -0.4 is 5.32 Å². The molecule has 0 bridgehead atoms. The van der Waals surface area contributed by atoms with E-state index in [0.29, 0.717) is 12.0 Å². The summed E-state index contributed by atoms with van der Waals surface area (Å²) in [7, 11) is 0. The van der Waals surface area contributed by atoms with Crippen molar-refractivity contribution in [3.63, 3.8) is 0 Å². The molecule has 3 aromatic rings. The Morgan fingerprint density at radius 3 is 2.37 bits per heavy atom. The maximum atomic E-state index is 11.1. The number of rotatable bonds is 8. The van der Waals surface area contributed by atoms with Gasteiger partial charge in [0.25, 0.3) is 0 Å². The molecule has 1 aliphatic carbocycles. The third-order valence-electron chi connectivity index (χ3n) is 5.81. The van der Waals surface area contributed by atoms with Crippen LogP contribution in [0.15, 0.2) is 42.9 Å². The van der Waals surface area contributed by atoms with Crippen LogP contribution in [0.4, 0.5) is 5.95 Å². The zero-order valence-electron chi connectivity index (χ0n) is 17.4. The van der Waals surface area contributed by atoms with E-state index >= 15 is 0 Å². The van der Waals surface area contributed by atoms with Crippen molar-refractivity contribution in [3.8, 4) is 11.1 Å². The Morgan fingerprint density at radius 1 is 1.17 bits per heavy atom. The van der Waals surface area contributed by atoms with Crippen molar-refractivity contribution in [2.45, 2.75) is 58.0 Å². The van der Waals surface area contributed by atoms with Crippen molar-refractivity contribution >= 4 is 11.9 Å². The first kappa shape index (κ1) is 20.1. The van der Waals surface area contributed by atoms with E-state index in [1.807, 2.05) is 0 Å². The van der Waals surface area contributed by atoms with Crippen LogP contribution in [-0.4, -0.2) is 36.9 Å². The van der Waals surface area contributed by atoms with Gasteiger partial charge < -0.3 is 10.4 Å². The molecule has 7 nitrogen and oxygen atoms in total. The minimum absolute atomic E-state index is 0.157. The summed E-state index contributed by atoms with van der Waals surface area (Å²) in [5.41, 5.74) is 5.44. The standard InChI is InChI=1S/C23H27N5O2/c1-3-15(4-2)22-20(13-28(27-22)14-21(29)30)18-11-24-23(25-12-18)26-19-9-16-7-5-6-8-17(16)10-19/h5-8,11-13,15,19H,3-4,9-10,14H2,1-2H3,(H,29,30)(H,24,25,26). The predicted molar refractivity (Wildman–Crippen MR) is 115 cm³/mol. The first-order chi connectivity index (χ1) is 14.6. The summed E-state index contributed by atoms with van der Waals surface area (Å²) in [6.45, 7) is 4.09. The number of nitrogens with one attached hydrogen (secondary N) is 1. The number of hydrogen-bond acceptors (Lipinski definition) is 5. The van der Waals surface area contributed by atoms with Gasteiger partial charge in [-0.25, -0.2) is 9.97 Å². The molecular formula is C23H27N5O2. The molecular weight excluding hydrogens is 378 g/mol. The third-order valence-corrected chi connectivity index (χ3v) is 5.81. The molecule has 7 heteroatoms. The van der Waals surface area contributed by atoms with Gasteiger partial charge in [-0.15, -0.1) is 0 Å². The van der Waals surface area contributed by atoms with E-state index in [-0.39, 0.29) is 12.5 Å². The van der Waals surface area contributed by atoms with Gasteiger partial charge >= 0.3 is 5.97 Å². The van der Waals surface area contributed by atoms with Crippen molar-refractivity contribution < 1.29 is 9.90 Å². The summed E-state index contributed by atoms with van der Waals surface area (Å²) in [5.74, 6) is -0.0306. The van der Waals surface area contributed by atoms with Gasteiger partial charge in [0.2, 0.25) is 5.95 Å². The van der Waals surface area contributed by atoms with Gasteiger partial charge in [0, 0.05) is 41.7 Å². The molecule has 4 rings (SSSR count). The Bertz CT molecular complexity index is 999. The first-order valence-corrected chi connectivity index (χ1v) is 10.5. The zero-order chi connectivity index (χ0) is 21.1. The van der Waals surface area contributed by atoms with E-state index in [2.05, 4.69) is 58.5 Å². The molecule has 0 aliphatic heterocycles. The van der Waals surface area contributed by atoms with E-state index < -0.39 is 5.97 Å². The molecule has 0 saturated heterocycles. The van der Waals surface area contributed by atoms with Crippen molar-refractivity contribution in [1.82, 2.24) is 19.7 Å². The topological polar surface area (TPSA) is 92.9 Å². The molecule has 0 amide bonds. The van der Waals surface area contributed by atoms with Crippen LogP contribution in [0.2, 0.25) is 0 Å². The summed E-state index contributed by atoms with van der Waals surface area (Å²) in [6.07, 6.45) is 9.22. The van der Waals surface area contributed by atoms with Gasteiger partial charge in [0.15, 0.2) is 0 Å². The largest absolute Gasteiger partial charge is 0.480 e. The summed E-state index contributed by atoms with van der Waals surface area (Å²) in [6, 6.07) is 8.81. The Kier molecular flexibility index (Phi) is 5.79. The lowest BCUT2D eigenvalue weighted by Gasteiger charge is -2.13. The number of carbonyl (C=O) groups is 1. The van der Waals surface area contributed by atoms with Gasteiger partial charge in [-0.05, 0) is 36.8 Å². The molecule has 156 valence electrons. The average Bonchev–Trinajstić information content (AvgIpc) is 3.33. The zero-order valence-corrected chi connectivity index (χ0v) is 17.4. The normalized spacial score (nSPS) is 13.6. The van der Waals surface area contributed by atoms with Gasteiger partial charge in [0.05, 0.1) is 5.69 Å². The molecule has 30 heavy (non-hydrogen) atoms. The number of fused-ring (bicyclic) bond motifs is 1. The molecule has 1 aromatic carbocycles. The summed E-state index contributed by atoms with van der Waals surface area (Å²) >= 11 is 0. The third kappa shape index (κ3) is 4.20. The van der Waals surface area contributed by atoms with Crippen molar-refractivity contribution in [2.24, 2.45) is 0 Å². The first-order valence-electron chi connectivity index (χ1n) is 10.5. The molecule has 2 heterocycles. The molecule has 0 saturated carbocycles. The lowest BCUT2D eigenvalue weighted by Crippen LogP contribution is -2.20. The highest BCUT2D eigenvalue weighted by Crippen LogP contribution is 2.32. The highest BCUT2D eigenvalue weighted by atomic mass is 16.4. The maximum Gasteiger partial charge on any atom is 0.325 e. The van der Waals surface area contributed by atoms with Crippen molar-refractivity contribution in [2.75, 3.05) is 5.32 Å². The molecule has 0 atom stereocenters. The van der Waals surface area contributed by atoms with Crippen LogP contribution in [-0.2, 0) is 24.2 Å². The van der Waals surface area contributed by atoms with E-state index in [1.165, 1.54) is 15.8 Å². The van der Waals surface area contributed by atoms with Crippen LogP contribution in [0.25, 0.3) is 11.1 Å². The second kappa shape index (κ2) is 8.65. The van der Waals surface area contributed by atoms with Crippen LogP contribution in [0, 0.1) is 0 Å². The fraction of sp³-hybridized carbons (Fsp3) is 0.391. The molecule has 0 fully saturated rings. The summed E-state index contributed by atoms with van der Waals surface area (Å²) < 4.78 is 1.49. The Labute approximate surface area is 176 Å². The van der Waals surface area contributed by atoms with Crippen molar-refractivity contribution in [1.29, 1.82) is 0 Å². The second-order valence-electron chi connectivity index (χ2n) is 7.85. The van der Waals surface area contributed by atoms with Gasteiger partial charge in [-0.1, -0.05) is 38.1 Å². The van der Waals surface area contributed by atoms with Gasteiger partial charge in [-0.2, -0.15) is 5.10 Å². The van der Waals surface area contributed by atoms with Gasteiger partial charge in [-0.3, -0.25) is 9.48 Å². The average molecular weight is 406 g/mol. The van der Waals surface area contributed by atoms with Crippen LogP contribution in [0.1, 0.15) is 49.4 Å². The molecule has 0 unspecified atom stereocenters. The molecule has 0 radical (unpaired) electrons. The second-order valence-corrected chi connectivity index (χ2v) is 7.85. The minimum atomic E-state index is -0.909. The number of carboxylic acid groups (broad SMARTS) is 1. The molecule has 0 spiro atoms. The van der Waals surface area contributed by atoms with E-state index in [1.54, 1.807) is 18.6 Å². The fourth-order valence-electron chi connectivity index (χ4n) is 4.24. The lowest BCUT2D eigenvalue weighted by molar-refractivity contribution is -0.137. The summed E-state index contributed by atoms with van der Waals surface area (Å²) in [5, 5.41) is 17.1. The van der Waals surface area contributed by atoms with Crippen LogP contribution >= 0.6 is 0 Å². The SMILES string of the molecule is CCC(CC)c1nn(CC(=O)O)cc1-c1cnc(NC2Cc3ccccc3C2)nc1. The van der Waals surface area contributed by atoms with Crippen LogP contribution in [0.3, 0.4) is 0 Å². The fourth-order valence-corrected chi connectivity index (χ4v) is 4.24. The quantitative estimate of drug-likeness (QED) is 0.590. The molecule has 1 aliphatic rings. The molecule has 2 N–H and O–H groups in total. The summed E-state index contributed by atoms with van der Waals surface area (Å²) in [4.78, 5) is 20.2. The van der Waals surface area contributed by atoms with E-state index in [0.717, 1.165) is 42.5 Å². The Morgan fingerprint density at radius 2 is 1.80 bits per heavy atom.